The zero-order chi connectivity index (χ0) is 24.5. The van der Waals surface area contributed by atoms with Gasteiger partial charge in [-0.15, -0.1) is 0 Å². The van der Waals surface area contributed by atoms with Crippen LogP contribution in [0.15, 0.2) is 77.7 Å². The topological polar surface area (TPSA) is 122 Å². The molecule has 9 heteroatoms. The number of amides is 1. The van der Waals surface area contributed by atoms with Gasteiger partial charge in [-0.05, 0) is 65.4 Å². The van der Waals surface area contributed by atoms with Crippen LogP contribution in [0.4, 0.5) is 10.5 Å². The fraction of sp³-hybridized carbons (Fsp3) is 0.200. The molecule has 1 aliphatic heterocycles. The summed E-state index contributed by atoms with van der Waals surface area (Å²) >= 11 is 0. The van der Waals surface area contributed by atoms with Crippen molar-refractivity contribution < 1.29 is 27.9 Å². The zero-order valence-electron chi connectivity index (χ0n) is 18.6. The van der Waals surface area contributed by atoms with Gasteiger partial charge in [0.1, 0.15) is 5.75 Å². The molecule has 0 aliphatic carbocycles. The number of nitrogens with one attached hydrogen (secondary N) is 2. The van der Waals surface area contributed by atoms with E-state index in [1.165, 1.54) is 12.1 Å². The summed E-state index contributed by atoms with van der Waals surface area (Å²) in [6, 6.07) is 19.4. The normalized spacial score (nSPS) is 16.6. The molecule has 0 saturated heterocycles. The van der Waals surface area contributed by atoms with Crippen molar-refractivity contribution in [1.29, 1.82) is 0 Å². The lowest BCUT2D eigenvalue weighted by molar-refractivity contribution is 0.0981. The molecule has 1 heterocycles. The van der Waals surface area contributed by atoms with Crippen LogP contribution in [0.2, 0.25) is 0 Å². The molecule has 0 aromatic heterocycles. The van der Waals surface area contributed by atoms with Crippen LogP contribution >= 0.6 is 0 Å². The third-order valence-corrected chi connectivity index (χ3v) is 7.12. The molecule has 34 heavy (non-hydrogen) atoms. The SMILES string of the molecule is CC1(C)Cc2cc(OC(=O)O)ccc2NC1c1cccc(C(=O)NS(=O)(=O)c2ccccc2)c1. The fourth-order valence-electron chi connectivity index (χ4n) is 4.20. The summed E-state index contributed by atoms with van der Waals surface area (Å²) in [6.45, 7) is 4.12. The largest absolute Gasteiger partial charge is 0.511 e. The molecule has 0 bridgehead atoms. The second kappa shape index (κ2) is 8.83. The van der Waals surface area contributed by atoms with Crippen LogP contribution < -0.4 is 14.8 Å². The number of ether oxygens (including phenoxy) is 1. The Labute approximate surface area is 197 Å². The van der Waals surface area contributed by atoms with Gasteiger partial charge >= 0.3 is 6.16 Å². The van der Waals surface area contributed by atoms with E-state index >= 15 is 0 Å². The van der Waals surface area contributed by atoms with Crippen LogP contribution in [0.1, 0.15) is 41.4 Å². The predicted molar refractivity (Wildman–Crippen MR) is 126 cm³/mol. The molecule has 3 aromatic carbocycles. The number of benzene rings is 3. The van der Waals surface area contributed by atoms with E-state index in [0.717, 1.165) is 16.8 Å². The van der Waals surface area contributed by atoms with Gasteiger partial charge in [-0.25, -0.2) is 17.9 Å². The zero-order valence-corrected chi connectivity index (χ0v) is 19.4. The third kappa shape index (κ3) is 4.89. The van der Waals surface area contributed by atoms with Gasteiger partial charge in [0.25, 0.3) is 15.9 Å². The van der Waals surface area contributed by atoms with Crippen molar-refractivity contribution in [3.8, 4) is 5.75 Å². The minimum Gasteiger partial charge on any atom is -0.449 e. The molecule has 1 unspecified atom stereocenters. The summed E-state index contributed by atoms with van der Waals surface area (Å²) < 4.78 is 32.0. The van der Waals surface area contributed by atoms with Gasteiger partial charge in [0, 0.05) is 11.3 Å². The highest BCUT2D eigenvalue weighted by Crippen LogP contribution is 2.45. The number of hydrogen-bond acceptors (Lipinski definition) is 6. The first-order valence-corrected chi connectivity index (χ1v) is 12.1. The van der Waals surface area contributed by atoms with Crippen molar-refractivity contribution in [2.24, 2.45) is 5.41 Å². The molecule has 1 aliphatic rings. The monoisotopic (exact) mass is 480 g/mol. The highest BCUT2D eigenvalue weighted by molar-refractivity contribution is 7.90. The number of sulfonamides is 1. The van der Waals surface area contributed by atoms with Crippen molar-refractivity contribution in [1.82, 2.24) is 4.72 Å². The Kier molecular flexibility index (Phi) is 6.05. The van der Waals surface area contributed by atoms with Gasteiger partial charge in [-0.3, -0.25) is 4.79 Å². The second-order valence-electron chi connectivity index (χ2n) is 8.80. The minimum absolute atomic E-state index is 0.0115. The van der Waals surface area contributed by atoms with Crippen LogP contribution in [-0.2, 0) is 16.4 Å². The van der Waals surface area contributed by atoms with Crippen molar-refractivity contribution in [2.75, 3.05) is 5.32 Å². The number of carboxylic acid groups (broad SMARTS) is 1. The molecule has 0 spiro atoms. The van der Waals surface area contributed by atoms with Crippen molar-refractivity contribution in [3.05, 3.63) is 89.5 Å². The molecule has 3 N–H and O–H groups in total. The van der Waals surface area contributed by atoms with Gasteiger partial charge in [-0.2, -0.15) is 0 Å². The Bertz CT molecular complexity index is 1350. The van der Waals surface area contributed by atoms with Gasteiger partial charge in [0.05, 0.1) is 10.9 Å². The summed E-state index contributed by atoms with van der Waals surface area (Å²) in [5.41, 5.74) is 2.50. The minimum atomic E-state index is -3.99. The van der Waals surface area contributed by atoms with E-state index in [4.69, 9.17) is 9.84 Å². The number of fused-ring (bicyclic) bond motifs is 1. The molecule has 1 atom stereocenters. The Morgan fingerprint density at radius 1 is 1.03 bits per heavy atom. The maximum atomic E-state index is 12.8. The Morgan fingerprint density at radius 2 is 1.76 bits per heavy atom. The molecule has 4 rings (SSSR count). The van der Waals surface area contributed by atoms with Gasteiger partial charge in [-0.1, -0.05) is 44.2 Å². The lowest BCUT2D eigenvalue weighted by atomic mass is 9.73. The van der Waals surface area contributed by atoms with E-state index in [9.17, 15) is 18.0 Å². The van der Waals surface area contributed by atoms with E-state index < -0.39 is 22.1 Å². The molecular weight excluding hydrogens is 456 g/mol. The summed E-state index contributed by atoms with van der Waals surface area (Å²) in [4.78, 5) is 23.6. The summed E-state index contributed by atoms with van der Waals surface area (Å²) in [5.74, 6) is -0.462. The number of hydrogen-bond donors (Lipinski definition) is 3. The fourth-order valence-corrected chi connectivity index (χ4v) is 5.19. The molecule has 8 nitrogen and oxygen atoms in total. The van der Waals surface area contributed by atoms with Crippen molar-refractivity contribution >= 4 is 27.8 Å². The third-order valence-electron chi connectivity index (χ3n) is 5.77. The molecule has 0 radical (unpaired) electrons. The van der Waals surface area contributed by atoms with E-state index in [0.29, 0.717) is 6.42 Å². The van der Waals surface area contributed by atoms with Gasteiger partial charge < -0.3 is 15.2 Å². The first-order chi connectivity index (χ1) is 16.0. The quantitative estimate of drug-likeness (QED) is 0.360. The Morgan fingerprint density at radius 3 is 2.47 bits per heavy atom. The lowest BCUT2D eigenvalue weighted by Crippen LogP contribution is -2.35. The number of carbonyl (C=O) groups excluding carboxylic acids is 1. The Hall–Kier alpha value is -3.85. The smallest absolute Gasteiger partial charge is 0.449 e. The molecule has 3 aromatic rings. The van der Waals surface area contributed by atoms with Crippen LogP contribution in [-0.4, -0.2) is 25.6 Å². The molecule has 1 amide bonds. The maximum Gasteiger partial charge on any atom is 0.511 e. The highest BCUT2D eigenvalue weighted by Gasteiger charge is 2.36. The number of anilines is 1. The number of carbonyl (C=O) groups is 2. The predicted octanol–water partition coefficient (Wildman–Crippen LogP) is 4.60. The van der Waals surface area contributed by atoms with Crippen LogP contribution in [0.3, 0.4) is 0 Å². The van der Waals surface area contributed by atoms with E-state index in [1.807, 2.05) is 6.07 Å². The standard InChI is InChI=1S/C25H24N2O6S/c1-25(2)15-18-14-19(33-24(29)30)11-12-21(18)26-22(25)16-7-6-8-17(13-16)23(28)27-34(31,32)20-9-4-3-5-10-20/h3-14,22,26H,15H2,1-2H3,(H,27,28)(H,29,30). The second-order valence-corrected chi connectivity index (χ2v) is 10.5. The average Bonchev–Trinajstić information content (AvgIpc) is 2.78. The summed E-state index contributed by atoms with van der Waals surface area (Å²) in [5, 5.41) is 12.3. The first kappa shape index (κ1) is 23.3. The van der Waals surface area contributed by atoms with Crippen LogP contribution in [0.25, 0.3) is 0 Å². The van der Waals surface area contributed by atoms with E-state index in [1.54, 1.807) is 54.6 Å². The van der Waals surface area contributed by atoms with Crippen LogP contribution in [0, 0.1) is 5.41 Å². The molecule has 176 valence electrons. The van der Waals surface area contributed by atoms with Crippen molar-refractivity contribution in [3.63, 3.8) is 0 Å². The summed E-state index contributed by atoms with van der Waals surface area (Å²) in [7, 11) is -3.99. The average molecular weight is 481 g/mol. The van der Waals surface area contributed by atoms with Gasteiger partial charge in [0.15, 0.2) is 0 Å². The van der Waals surface area contributed by atoms with E-state index in [-0.39, 0.29) is 27.7 Å². The van der Waals surface area contributed by atoms with E-state index in [2.05, 4.69) is 23.9 Å². The molecule has 0 saturated carbocycles. The molecular formula is C25H24N2O6S. The van der Waals surface area contributed by atoms with Crippen molar-refractivity contribution in [2.45, 2.75) is 31.2 Å². The lowest BCUT2D eigenvalue weighted by Gasteiger charge is -2.41. The highest BCUT2D eigenvalue weighted by atomic mass is 32.2. The van der Waals surface area contributed by atoms with Gasteiger partial charge in [0.2, 0.25) is 0 Å². The molecule has 0 fully saturated rings. The van der Waals surface area contributed by atoms with Crippen LogP contribution in [0.5, 0.6) is 5.75 Å². The Balaban J connectivity index is 1.58. The summed E-state index contributed by atoms with van der Waals surface area (Å²) in [6.07, 6.45) is -0.736. The number of rotatable bonds is 5. The maximum absolute atomic E-state index is 12.8. The first-order valence-electron chi connectivity index (χ1n) is 10.6.